The second-order valence-corrected chi connectivity index (χ2v) is 7.66. The molecule has 1 aliphatic rings. The molecule has 4 rings (SSSR count). The molecule has 172 valence electrons. The fourth-order valence-corrected chi connectivity index (χ4v) is 3.54. The Hall–Kier alpha value is -3.37. The molecule has 2 heterocycles. The number of nitrogens with zero attached hydrogens (tertiary/aromatic N) is 1. The van der Waals surface area contributed by atoms with E-state index in [-0.39, 0.29) is 28.0 Å². The minimum absolute atomic E-state index is 0.146. The van der Waals surface area contributed by atoms with E-state index in [0.717, 1.165) is 6.07 Å². The van der Waals surface area contributed by atoms with Gasteiger partial charge < -0.3 is 24.3 Å². The molecule has 1 N–H and O–H groups in total. The van der Waals surface area contributed by atoms with Crippen LogP contribution in [0.25, 0.3) is 10.9 Å². The largest absolute Gasteiger partial charge is 0.586 e. The zero-order valence-corrected chi connectivity index (χ0v) is 18.3. The number of anilines is 1. The van der Waals surface area contributed by atoms with Crippen LogP contribution in [-0.2, 0) is 14.3 Å². The summed E-state index contributed by atoms with van der Waals surface area (Å²) >= 11 is 12.4. The maximum Gasteiger partial charge on any atom is 0.586 e. The van der Waals surface area contributed by atoms with Gasteiger partial charge in [-0.15, -0.1) is 8.78 Å². The summed E-state index contributed by atoms with van der Waals surface area (Å²) in [7, 11) is 0. The Kier molecular flexibility index (Phi) is 6.13. The van der Waals surface area contributed by atoms with Gasteiger partial charge in [0, 0.05) is 22.8 Å². The van der Waals surface area contributed by atoms with E-state index >= 15 is 0 Å². The average molecular weight is 499 g/mol. The number of nitrogens with one attached hydrogen (secondary N) is 1. The SMILES string of the molecule is Cc1ccc2c(Cl)cc(Cl)c(OCC(=O)OCC(=O)Nc3ccc4c(c3)OC(F)(F)O4)c2n1. The van der Waals surface area contributed by atoms with Gasteiger partial charge in [0.05, 0.1) is 10.0 Å². The number of aromatic nitrogens is 1. The van der Waals surface area contributed by atoms with Gasteiger partial charge in [0.2, 0.25) is 0 Å². The van der Waals surface area contributed by atoms with Crippen molar-refractivity contribution in [1.82, 2.24) is 4.98 Å². The molecule has 0 spiro atoms. The first-order valence-electron chi connectivity index (χ1n) is 9.35. The van der Waals surface area contributed by atoms with Gasteiger partial charge >= 0.3 is 12.3 Å². The molecular weight excluding hydrogens is 485 g/mol. The lowest BCUT2D eigenvalue weighted by molar-refractivity contribution is -0.286. The predicted octanol–water partition coefficient (Wildman–Crippen LogP) is 4.73. The normalized spacial score (nSPS) is 13.6. The van der Waals surface area contributed by atoms with Crippen molar-refractivity contribution in [3.63, 3.8) is 0 Å². The van der Waals surface area contributed by atoms with Gasteiger partial charge in [0.15, 0.2) is 30.5 Å². The van der Waals surface area contributed by atoms with E-state index in [4.69, 9.17) is 32.7 Å². The van der Waals surface area contributed by atoms with Gasteiger partial charge in [-0.25, -0.2) is 9.78 Å². The number of aryl methyl sites for hydroxylation is 1. The Balaban J connectivity index is 1.33. The molecule has 0 bridgehead atoms. The Morgan fingerprint density at radius 3 is 2.61 bits per heavy atom. The lowest BCUT2D eigenvalue weighted by Crippen LogP contribution is -2.26. The summed E-state index contributed by atoms with van der Waals surface area (Å²) in [4.78, 5) is 28.4. The molecule has 1 aliphatic heterocycles. The molecule has 8 nitrogen and oxygen atoms in total. The van der Waals surface area contributed by atoms with E-state index < -0.39 is 31.4 Å². The molecular formula is C21H14Cl2F2N2O6. The fraction of sp³-hybridized carbons (Fsp3) is 0.190. The van der Waals surface area contributed by atoms with Crippen LogP contribution in [0.5, 0.6) is 17.2 Å². The van der Waals surface area contributed by atoms with E-state index in [1.54, 1.807) is 19.1 Å². The van der Waals surface area contributed by atoms with E-state index in [9.17, 15) is 18.4 Å². The van der Waals surface area contributed by atoms with E-state index in [0.29, 0.717) is 21.6 Å². The lowest BCUT2D eigenvalue weighted by atomic mass is 10.2. The van der Waals surface area contributed by atoms with Crippen LogP contribution < -0.4 is 19.5 Å². The number of pyridine rings is 1. The van der Waals surface area contributed by atoms with Crippen LogP contribution in [0.1, 0.15) is 5.69 Å². The number of carbonyl (C=O) groups is 2. The highest BCUT2D eigenvalue weighted by Gasteiger charge is 2.43. The van der Waals surface area contributed by atoms with Crippen molar-refractivity contribution in [2.75, 3.05) is 18.5 Å². The van der Waals surface area contributed by atoms with Crippen molar-refractivity contribution in [2.45, 2.75) is 13.2 Å². The summed E-state index contributed by atoms with van der Waals surface area (Å²) in [5.41, 5.74) is 1.22. The Morgan fingerprint density at radius 1 is 1.06 bits per heavy atom. The summed E-state index contributed by atoms with van der Waals surface area (Å²) in [6, 6.07) is 8.68. The number of halogens is 4. The van der Waals surface area contributed by atoms with Crippen LogP contribution in [0, 0.1) is 6.92 Å². The topological polar surface area (TPSA) is 96.0 Å². The molecule has 0 atom stereocenters. The van der Waals surface area contributed by atoms with Gasteiger partial charge in [0.1, 0.15) is 5.52 Å². The van der Waals surface area contributed by atoms with E-state index in [2.05, 4.69) is 19.8 Å². The molecule has 1 aromatic heterocycles. The minimum atomic E-state index is -3.77. The second kappa shape index (κ2) is 8.87. The highest BCUT2D eigenvalue weighted by atomic mass is 35.5. The third-order valence-corrected chi connectivity index (χ3v) is 4.95. The standard InChI is InChI=1S/C21H14Cl2F2N2O6/c1-10-2-4-12-13(22)7-14(23)20(19(12)26-10)31-9-18(29)30-8-17(28)27-11-3-5-15-16(6-11)33-21(24,25)32-15/h2-7H,8-9H2,1H3,(H,27,28). The monoisotopic (exact) mass is 498 g/mol. The Morgan fingerprint density at radius 2 is 1.82 bits per heavy atom. The number of amides is 1. The molecule has 3 aromatic rings. The number of hydrogen-bond acceptors (Lipinski definition) is 7. The number of hydrogen-bond donors (Lipinski definition) is 1. The zero-order valence-electron chi connectivity index (χ0n) is 16.8. The number of carbonyl (C=O) groups excluding carboxylic acids is 2. The van der Waals surface area contributed by atoms with Crippen molar-refractivity contribution in [3.8, 4) is 17.2 Å². The predicted molar refractivity (Wildman–Crippen MR) is 114 cm³/mol. The van der Waals surface area contributed by atoms with Gasteiger partial charge in [-0.2, -0.15) is 0 Å². The molecule has 0 aliphatic carbocycles. The van der Waals surface area contributed by atoms with Crippen LogP contribution in [-0.4, -0.2) is 36.4 Å². The molecule has 0 fully saturated rings. The van der Waals surface area contributed by atoms with Crippen LogP contribution in [0.4, 0.5) is 14.5 Å². The van der Waals surface area contributed by atoms with E-state index in [1.807, 2.05) is 0 Å². The Bertz CT molecular complexity index is 1270. The van der Waals surface area contributed by atoms with Crippen LogP contribution in [0.2, 0.25) is 10.0 Å². The maximum absolute atomic E-state index is 13.1. The fourth-order valence-electron chi connectivity index (χ4n) is 2.97. The molecule has 0 saturated carbocycles. The summed E-state index contributed by atoms with van der Waals surface area (Å²) in [6.07, 6.45) is -3.77. The van der Waals surface area contributed by atoms with Crippen molar-refractivity contribution < 1.29 is 37.3 Å². The number of fused-ring (bicyclic) bond motifs is 2. The van der Waals surface area contributed by atoms with Crippen molar-refractivity contribution >= 4 is 51.7 Å². The summed E-state index contributed by atoms with van der Waals surface area (Å²) in [5.74, 6) is -1.80. The first-order chi connectivity index (χ1) is 15.6. The molecule has 2 aromatic carbocycles. The lowest BCUT2D eigenvalue weighted by Gasteiger charge is -2.12. The van der Waals surface area contributed by atoms with Gasteiger partial charge in [0.25, 0.3) is 5.91 Å². The van der Waals surface area contributed by atoms with Crippen molar-refractivity contribution in [3.05, 3.63) is 52.1 Å². The smallest absolute Gasteiger partial charge is 0.478 e. The number of rotatable bonds is 6. The summed E-state index contributed by atoms with van der Waals surface area (Å²) in [5, 5.41) is 3.52. The van der Waals surface area contributed by atoms with Gasteiger partial charge in [-0.1, -0.05) is 23.2 Å². The third-order valence-electron chi connectivity index (χ3n) is 4.36. The molecule has 12 heteroatoms. The quantitative estimate of drug-likeness (QED) is 0.490. The minimum Gasteiger partial charge on any atom is -0.478 e. The molecule has 1 amide bonds. The molecule has 0 unspecified atom stereocenters. The maximum atomic E-state index is 13.1. The number of benzene rings is 2. The van der Waals surface area contributed by atoms with E-state index in [1.165, 1.54) is 18.2 Å². The summed E-state index contributed by atoms with van der Waals surface area (Å²) < 4.78 is 45.1. The van der Waals surface area contributed by atoms with Crippen LogP contribution >= 0.6 is 23.2 Å². The average Bonchev–Trinajstić information content (AvgIpc) is 3.05. The number of esters is 1. The molecule has 0 radical (unpaired) electrons. The third kappa shape index (κ3) is 5.18. The van der Waals surface area contributed by atoms with Gasteiger partial charge in [-0.3, -0.25) is 4.79 Å². The van der Waals surface area contributed by atoms with Crippen molar-refractivity contribution in [1.29, 1.82) is 0 Å². The summed E-state index contributed by atoms with van der Waals surface area (Å²) in [6.45, 7) is 0.592. The first-order valence-corrected chi connectivity index (χ1v) is 10.1. The highest BCUT2D eigenvalue weighted by Crippen LogP contribution is 2.42. The van der Waals surface area contributed by atoms with Gasteiger partial charge in [-0.05, 0) is 37.3 Å². The number of ether oxygens (including phenoxy) is 4. The molecule has 33 heavy (non-hydrogen) atoms. The zero-order chi connectivity index (χ0) is 23.8. The first kappa shape index (κ1) is 22.8. The van der Waals surface area contributed by atoms with Crippen molar-refractivity contribution in [2.24, 2.45) is 0 Å². The van der Waals surface area contributed by atoms with Crippen LogP contribution in [0.15, 0.2) is 36.4 Å². The highest BCUT2D eigenvalue weighted by molar-refractivity contribution is 6.39. The Labute approximate surface area is 195 Å². The van der Waals surface area contributed by atoms with Crippen LogP contribution in [0.3, 0.4) is 0 Å². The molecule has 0 saturated heterocycles. The second-order valence-electron chi connectivity index (χ2n) is 6.84. The number of alkyl halides is 2.